The Morgan fingerprint density at radius 1 is 0.917 bits per heavy atom. The topological polar surface area (TPSA) is 8.81 Å². The molecule has 2 aromatic carbocycles. The van der Waals surface area contributed by atoms with Crippen molar-refractivity contribution in [2.24, 2.45) is 14.1 Å². The van der Waals surface area contributed by atoms with Crippen molar-refractivity contribution in [1.82, 2.24) is 4.57 Å². The second-order valence-corrected chi connectivity index (χ2v) is 13.0. The van der Waals surface area contributed by atoms with Gasteiger partial charge >= 0.3 is 152 Å². The molecule has 0 fully saturated rings. The monoisotopic (exact) mass is 403 g/mol. The first-order chi connectivity index (χ1) is 11.4. The van der Waals surface area contributed by atoms with Crippen molar-refractivity contribution in [1.29, 1.82) is 0 Å². The number of imidazole rings is 1. The number of hydrogen-bond donors (Lipinski definition) is 0. The molecule has 0 bridgehead atoms. The minimum atomic E-state index is -1.62. The molecule has 1 aromatic heterocycles. The van der Waals surface area contributed by atoms with Gasteiger partial charge in [-0.1, -0.05) is 0 Å². The summed E-state index contributed by atoms with van der Waals surface area (Å²) in [5.74, 6) is 1.37. The van der Waals surface area contributed by atoms with E-state index in [0.29, 0.717) is 0 Å². The van der Waals surface area contributed by atoms with E-state index in [1.165, 1.54) is 27.8 Å². The van der Waals surface area contributed by atoms with Crippen molar-refractivity contribution < 1.29 is 4.57 Å². The summed E-state index contributed by atoms with van der Waals surface area (Å²) in [4.78, 5) is 0. The van der Waals surface area contributed by atoms with Crippen molar-refractivity contribution in [2.45, 2.75) is 20.0 Å². The van der Waals surface area contributed by atoms with Crippen LogP contribution in [0.15, 0.2) is 60.7 Å². The quantitative estimate of drug-likeness (QED) is 0.361. The number of rotatable bonds is 4. The first-order valence-electron chi connectivity index (χ1n) is 8.16. The molecule has 124 valence electrons. The van der Waals surface area contributed by atoms with Crippen LogP contribution >= 0.6 is 5.51 Å². The van der Waals surface area contributed by atoms with Gasteiger partial charge in [-0.3, -0.25) is 0 Å². The normalized spacial score (nSPS) is 11.7. The summed E-state index contributed by atoms with van der Waals surface area (Å²) < 4.78 is 4.68. The van der Waals surface area contributed by atoms with E-state index in [1.807, 2.05) is 0 Å². The van der Waals surface area contributed by atoms with E-state index < -0.39 is 5.51 Å². The molecule has 0 radical (unpaired) electrons. The molecule has 3 aromatic rings. The first kappa shape index (κ1) is 17.4. The number of benzene rings is 2. The standard InChI is InChI=1S/C20H24N2PSe/c1-16-17(2)22(4)20(21(16)3)15-23(24,18-11-7-5-8-12-18)19-13-9-6-10-14-19/h5-14H,15H2,1-4H3/q+1. The summed E-state index contributed by atoms with van der Waals surface area (Å²) in [7, 11) is 4.36. The minimum absolute atomic E-state index is 1.02. The van der Waals surface area contributed by atoms with Crippen LogP contribution in [-0.2, 0) is 20.3 Å². The van der Waals surface area contributed by atoms with Crippen LogP contribution in [0, 0.1) is 13.8 Å². The molecule has 3 rings (SSSR count). The Bertz CT molecular complexity index is 829. The third-order valence-electron chi connectivity index (χ3n) is 5.01. The summed E-state index contributed by atoms with van der Waals surface area (Å²) >= 11 is 3.64. The van der Waals surface area contributed by atoms with Crippen LogP contribution in [0.4, 0.5) is 0 Å². The van der Waals surface area contributed by atoms with Gasteiger partial charge in [0.1, 0.15) is 0 Å². The van der Waals surface area contributed by atoms with Crippen LogP contribution < -0.4 is 15.2 Å². The van der Waals surface area contributed by atoms with Crippen molar-refractivity contribution in [3.8, 4) is 0 Å². The average molecular weight is 402 g/mol. The van der Waals surface area contributed by atoms with Gasteiger partial charge in [0.15, 0.2) is 0 Å². The summed E-state index contributed by atoms with van der Waals surface area (Å²) in [6.07, 6.45) is 1.02. The molecule has 0 aliphatic carbocycles. The molecule has 0 aliphatic rings. The zero-order valence-corrected chi connectivity index (χ0v) is 17.3. The summed E-state index contributed by atoms with van der Waals surface area (Å²) in [5.41, 5.74) is 1.04. The van der Waals surface area contributed by atoms with Gasteiger partial charge in [0, 0.05) is 0 Å². The van der Waals surface area contributed by atoms with Crippen LogP contribution in [-0.4, -0.2) is 19.7 Å². The third-order valence-corrected chi connectivity index (χ3v) is 11.5. The molecule has 0 unspecified atom stereocenters. The van der Waals surface area contributed by atoms with Crippen molar-refractivity contribution in [3.05, 3.63) is 77.9 Å². The Labute approximate surface area is 152 Å². The van der Waals surface area contributed by atoms with Gasteiger partial charge in [-0.25, -0.2) is 0 Å². The molecule has 0 amide bonds. The first-order valence-corrected chi connectivity index (χ1v) is 12.4. The predicted octanol–water partition coefficient (Wildman–Crippen LogP) is 2.72. The number of nitrogens with zero attached hydrogens (tertiary/aromatic N) is 2. The zero-order chi connectivity index (χ0) is 17.3. The van der Waals surface area contributed by atoms with E-state index in [1.54, 1.807) is 0 Å². The maximum absolute atomic E-state index is 3.64. The van der Waals surface area contributed by atoms with E-state index in [-0.39, 0.29) is 0 Å². The SMILES string of the molecule is Cc1c(C)[n+](C)c(CP(=[Se])(c2ccccc2)c2ccccc2)n1C. The molecule has 0 atom stereocenters. The van der Waals surface area contributed by atoms with Crippen LogP contribution in [0.2, 0.25) is 0 Å². The second-order valence-electron chi connectivity index (χ2n) is 6.27. The second kappa shape index (κ2) is 6.84. The summed E-state index contributed by atoms with van der Waals surface area (Å²) in [6.45, 7) is 4.40. The Morgan fingerprint density at radius 2 is 1.38 bits per heavy atom. The van der Waals surface area contributed by atoms with Crippen molar-refractivity contribution >= 4 is 31.2 Å². The fraction of sp³-hybridized carbons (Fsp3) is 0.250. The van der Waals surface area contributed by atoms with E-state index in [0.717, 1.165) is 6.16 Å². The van der Waals surface area contributed by atoms with E-state index in [9.17, 15) is 0 Å². The molecule has 0 N–H and O–H groups in total. The Balaban J connectivity index is 2.18. The molecule has 24 heavy (non-hydrogen) atoms. The van der Waals surface area contributed by atoms with Gasteiger partial charge in [0.2, 0.25) is 0 Å². The Kier molecular flexibility index (Phi) is 4.97. The molecule has 1 heterocycles. The van der Waals surface area contributed by atoms with E-state index in [4.69, 9.17) is 0 Å². The fourth-order valence-electron chi connectivity index (χ4n) is 3.18. The average Bonchev–Trinajstić information content (AvgIpc) is 2.81. The molecule has 4 heteroatoms. The van der Waals surface area contributed by atoms with E-state index >= 15 is 0 Å². The Hall–Kier alpha value is -1.40. The predicted molar refractivity (Wildman–Crippen MR) is 105 cm³/mol. The van der Waals surface area contributed by atoms with Crippen LogP contribution in [0.25, 0.3) is 0 Å². The van der Waals surface area contributed by atoms with Gasteiger partial charge in [0.25, 0.3) is 0 Å². The van der Waals surface area contributed by atoms with Gasteiger partial charge in [-0.15, -0.1) is 0 Å². The summed E-state index contributed by atoms with van der Waals surface area (Å²) in [6, 6.07) is 21.8. The molecule has 0 saturated carbocycles. The zero-order valence-electron chi connectivity index (χ0n) is 14.7. The molecule has 0 aliphatic heterocycles. The van der Waals surface area contributed by atoms with Crippen molar-refractivity contribution in [3.63, 3.8) is 0 Å². The van der Waals surface area contributed by atoms with Crippen LogP contribution in [0.3, 0.4) is 0 Å². The molecule has 0 spiro atoms. The molecule has 0 saturated heterocycles. The third kappa shape index (κ3) is 2.97. The molecular weight excluding hydrogens is 378 g/mol. The van der Waals surface area contributed by atoms with Gasteiger partial charge in [-0.05, 0) is 0 Å². The maximum atomic E-state index is 3.64. The Morgan fingerprint density at radius 3 is 1.75 bits per heavy atom. The number of aromatic nitrogens is 2. The molecule has 2 nitrogen and oxygen atoms in total. The van der Waals surface area contributed by atoms with Gasteiger partial charge < -0.3 is 0 Å². The fourth-order valence-corrected chi connectivity index (χ4v) is 8.23. The molecular formula is C20H24N2PSe+. The van der Waals surface area contributed by atoms with Crippen LogP contribution in [0.1, 0.15) is 17.2 Å². The van der Waals surface area contributed by atoms with E-state index in [2.05, 4.69) is 113 Å². The number of hydrogen-bond acceptors (Lipinski definition) is 0. The van der Waals surface area contributed by atoms with Crippen molar-refractivity contribution in [2.75, 3.05) is 0 Å². The summed E-state index contributed by atoms with van der Waals surface area (Å²) in [5, 5.41) is 2.82. The van der Waals surface area contributed by atoms with Crippen LogP contribution in [0.5, 0.6) is 0 Å². The van der Waals surface area contributed by atoms with Gasteiger partial charge in [-0.2, -0.15) is 0 Å². The van der Waals surface area contributed by atoms with Gasteiger partial charge in [0.05, 0.1) is 0 Å².